The van der Waals surface area contributed by atoms with Crippen LogP contribution < -0.4 is 0 Å². The van der Waals surface area contributed by atoms with Crippen LogP contribution in [0.15, 0.2) is 24.3 Å². The molecule has 1 atom stereocenters. The van der Waals surface area contributed by atoms with Gasteiger partial charge in [-0.05, 0) is 19.9 Å². The zero-order valence-electron chi connectivity index (χ0n) is 6.79. The van der Waals surface area contributed by atoms with Crippen LogP contribution in [0.4, 0.5) is 0 Å². The Labute approximate surface area is 62.4 Å². The molecule has 1 unspecified atom stereocenters. The van der Waals surface area contributed by atoms with Gasteiger partial charge in [-0.15, -0.1) is 0 Å². The van der Waals surface area contributed by atoms with E-state index in [2.05, 4.69) is 0 Å². The Hall–Kier alpha value is -0.850. The van der Waals surface area contributed by atoms with Crippen molar-refractivity contribution < 1.29 is 4.79 Å². The molecule has 0 aliphatic carbocycles. The summed E-state index contributed by atoms with van der Waals surface area (Å²) in [5.41, 5.74) is 0. The number of hydrogen-bond donors (Lipinski definition) is 0. The highest BCUT2D eigenvalue weighted by molar-refractivity contribution is 5.92. The summed E-state index contributed by atoms with van der Waals surface area (Å²) in [7, 11) is 0. The highest BCUT2D eigenvalue weighted by Gasteiger charge is 2.02. The van der Waals surface area contributed by atoms with E-state index in [9.17, 15) is 4.79 Å². The van der Waals surface area contributed by atoms with Gasteiger partial charge in [0.15, 0.2) is 5.78 Å². The Balaban J connectivity index is 3.94. The quantitative estimate of drug-likeness (QED) is 0.432. The van der Waals surface area contributed by atoms with Gasteiger partial charge in [0.25, 0.3) is 0 Å². The molecule has 0 bridgehead atoms. The highest BCUT2D eigenvalue weighted by Crippen LogP contribution is 1.99. The van der Waals surface area contributed by atoms with Gasteiger partial charge in [-0.3, -0.25) is 4.79 Å². The van der Waals surface area contributed by atoms with E-state index >= 15 is 0 Å². The summed E-state index contributed by atoms with van der Waals surface area (Å²) in [4.78, 5) is 11.0. The molecule has 0 heterocycles. The molecule has 0 aromatic rings. The molecular formula is C9H14O. The minimum absolute atomic E-state index is 0.0289. The van der Waals surface area contributed by atoms with Crippen LogP contribution in [0.25, 0.3) is 0 Å². The summed E-state index contributed by atoms with van der Waals surface area (Å²) in [5.74, 6) is 0.196. The molecule has 1 heteroatoms. The third-order valence-electron chi connectivity index (χ3n) is 1.26. The van der Waals surface area contributed by atoms with Crippen molar-refractivity contribution in [3.63, 3.8) is 0 Å². The van der Waals surface area contributed by atoms with E-state index in [0.29, 0.717) is 0 Å². The first-order valence-electron chi connectivity index (χ1n) is 3.51. The van der Waals surface area contributed by atoms with Gasteiger partial charge in [0, 0.05) is 5.92 Å². The average molecular weight is 138 g/mol. The Bertz CT molecular complexity index is 154. The van der Waals surface area contributed by atoms with Crippen LogP contribution in [-0.4, -0.2) is 5.78 Å². The third kappa shape index (κ3) is 3.23. The van der Waals surface area contributed by atoms with E-state index in [-0.39, 0.29) is 11.7 Å². The fourth-order valence-electron chi connectivity index (χ4n) is 0.700. The molecule has 0 rings (SSSR count). The lowest BCUT2D eigenvalue weighted by Gasteiger charge is -1.97. The van der Waals surface area contributed by atoms with E-state index in [0.717, 1.165) is 0 Å². The first-order valence-corrected chi connectivity index (χ1v) is 3.51. The van der Waals surface area contributed by atoms with E-state index in [1.165, 1.54) is 0 Å². The molecule has 0 saturated heterocycles. The van der Waals surface area contributed by atoms with Crippen molar-refractivity contribution in [2.75, 3.05) is 0 Å². The van der Waals surface area contributed by atoms with Gasteiger partial charge in [0.2, 0.25) is 0 Å². The molecule has 10 heavy (non-hydrogen) atoms. The lowest BCUT2D eigenvalue weighted by Crippen LogP contribution is -2.03. The number of ketones is 1. The molecule has 0 spiro atoms. The third-order valence-corrected chi connectivity index (χ3v) is 1.26. The maximum atomic E-state index is 11.0. The van der Waals surface area contributed by atoms with E-state index in [1.54, 1.807) is 12.2 Å². The molecule has 0 radical (unpaired) electrons. The number of carbonyl (C=O) groups excluding carboxylic acids is 1. The van der Waals surface area contributed by atoms with Crippen molar-refractivity contribution in [2.24, 2.45) is 5.92 Å². The molecule has 0 aliphatic rings. The molecular weight excluding hydrogens is 124 g/mol. The van der Waals surface area contributed by atoms with Crippen LogP contribution in [0, 0.1) is 5.92 Å². The van der Waals surface area contributed by atoms with Crippen LogP contribution in [0.3, 0.4) is 0 Å². The van der Waals surface area contributed by atoms with Crippen LogP contribution >= 0.6 is 0 Å². The van der Waals surface area contributed by atoms with Crippen molar-refractivity contribution in [2.45, 2.75) is 20.8 Å². The number of allylic oxidation sites excluding steroid dienone is 4. The van der Waals surface area contributed by atoms with Crippen LogP contribution in [0.1, 0.15) is 20.8 Å². The topological polar surface area (TPSA) is 17.1 Å². The van der Waals surface area contributed by atoms with E-state index in [4.69, 9.17) is 0 Å². The Morgan fingerprint density at radius 2 is 1.90 bits per heavy atom. The first-order chi connectivity index (χ1) is 4.72. The number of carbonyl (C=O) groups is 1. The minimum atomic E-state index is 0.0289. The SMILES string of the molecule is CC=CC(=O)C(C)C=CC. The van der Waals surface area contributed by atoms with Crippen molar-refractivity contribution in [3.8, 4) is 0 Å². The first kappa shape index (κ1) is 9.15. The Morgan fingerprint density at radius 3 is 2.30 bits per heavy atom. The largest absolute Gasteiger partial charge is 0.294 e. The second-order valence-corrected chi connectivity index (χ2v) is 2.22. The molecule has 0 N–H and O–H groups in total. The average Bonchev–Trinajstić information content (AvgIpc) is 1.89. The van der Waals surface area contributed by atoms with Gasteiger partial charge in [-0.1, -0.05) is 25.2 Å². The predicted octanol–water partition coefficient (Wildman–Crippen LogP) is 2.34. The fraction of sp³-hybridized carbons (Fsp3) is 0.444. The van der Waals surface area contributed by atoms with Crippen molar-refractivity contribution in [1.29, 1.82) is 0 Å². The van der Waals surface area contributed by atoms with Crippen LogP contribution in [-0.2, 0) is 4.79 Å². The smallest absolute Gasteiger partial charge is 0.161 e. The second kappa shape index (κ2) is 4.98. The summed E-state index contributed by atoms with van der Waals surface area (Å²) in [6.07, 6.45) is 7.15. The monoisotopic (exact) mass is 138 g/mol. The van der Waals surface area contributed by atoms with Gasteiger partial charge in [0.1, 0.15) is 0 Å². The van der Waals surface area contributed by atoms with Gasteiger partial charge in [0.05, 0.1) is 0 Å². The molecule has 0 aromatic heterocycles. The molecule has 0 fully saturated rings. The molecule has 0 aromatic carbocycles. The number of rotatable bonds is 3. The van der Waals surface area contributed by atoms with Crippen molar-refractivity contribution in [1.82, 2.24) is 0 Å². The van der Waals surface area contributed by atoms with Gasteiger partial charge in [-0.2, -0.15) is 0 Å². The Morgan fingerprint density at radius 1 is 1.30 bits per heavy atom. The molecule has 56 valence electrons. The van der Waals surface area contributed by atoms with Gasteiger partial charge in [-0.25, -0.2) is 0 Å². The summed E-state index contributed by atoms with van der Waals surface area (Å²) >= 11 is 0. The number of hydrogen-bond acceptors (Lipinski definition) is 1. The standard InChI is InChI=1S/C9H14O/c1-4-6-8(3)9(10)7-5-2/h4-8H,1-3H3. The van der Waals surface area contributed by atoms with Crippen molar-refractivity contribution >= 4 is 5.78 Å². The highest BCUT2D eigenvalue weighted by atomic mass is 16.1. The van der Waals surface area contributed by atoms with Gasteiger partial charge >= 0.3 is 0 Å². The van der Waals surface area contributed by atoms with E-state index < -0.39 is 0 Å². The van der Waals surface area contributed by atoms with Crippen molar-refractivity contribution in [3.05, 3.63) is 24.3 Å². The minimum Gasteiger partial charge on any atom is -0.294 e. The molecule has 0 saturated carbocycles. The lowest BCUT2D eigenvalue weighted by atomic mass is 10.1. The maximum absolute atomic E-state index is 11.0. The summed E-state index contributed by atoms with van der Waals surface area (Å²) < 4.78 is 0. The predicted molar refractivity (Wildman–Crippen MR) is 43.8 cm³/mol. The normalized spacial score (nSPS) is 14.7. The van der Waals surface area contributed by atoms with Crippen LogP contribution in [0.2, 0.25) is 0 Å². The van der Waals surface area contributed by atoms with E-state index in [1.807, 2.05) is 32.9 Å². The van der Waals surface area contributed by atoms with Crippen LogP contribution in [0.5, 0.6) is 0 Å². The molecule has 0 aliphatic heterocycles. The lowest BCUT2D eigenvalue weighted by molar-refractivity contribution is -0.116. The maximum Gasteiger partial charge on any atom is 0.161 e. The fourth-order valence-corrected chi connectivity index (χ4v) is 0.700. The summed E-state index contributed by atoms with van der Waals surface area (Å²) in [6, 6.07) is 0. The molecule has 1 nitrogen and oxygen atoms in total. The zero-order chi connectivity index (χ0) is 7.98. The summed E-state index contributed by atoms with van der Waals surface area (Å²) in [6.45, 7) is 5.65. The van der Waals surface area contributed by atoms with Gasteiger partial charge < -0.3 is 0 Å². The zero-order valence-corrected chi connectivity index (χ0v) is 6.79. The second-order valence-electron chi connectivity index (χ2n) is 2.22. The molecule has 0 amide bonds. The summed E-state index contributed by atoms with van der Waals surface area (Å²) in [5, 5.41) is 0. The Kier molecular flexibility index (Phi) is 4.55.